The monoisotopic (exact) mass is 175 g/mol. The van der Waals surface area contributed by atoms with E-state index < -0.39 is 5.91 Å². The third-order valence-corrected chi connectivity index (χ3v) is 1.91. The number of aromatic nitrogens is 1. The van der Waals surface area contributed by atoms with E-state index in [-0.39, 0.29) is 0 Å². The number of hydrogen-bond donors (Lipinski definition) is 1. The quantitative estimate of drug-likeness (QED) is 0.669. The first-order valence-electron chi connectivity index (χ1n) is 3.94. The molecule has 0 aliphatic carbocycles. The fraction of sp³-hybridized carbons (Fsp3) is 0.111. The molecule has 0 radical (unpaired) electrons. The summed E-state index contributed by atoms with van der Waals surface area (Å²) < 4.78 is 1.85. The molecule has 1 aliphatic rings. The van der Waals surface area contributed by atoms with Crippen molar-refractivity contribution in [3.8, 4) is 0 Å². The molecule has 4 heteroatoms. The van der Waals surface area contributed by atoms with Crippen molar-refractivity contribution in [3.63, 3.8) is 0 Å². The van der Waals surface area contributed by atoms with Crippen LogP contribution in [0.1, 0.15) is 16.1 Å². The number of nitrogens with zero attached hydrogens (tertiary/aromatic N) is 2. The highest BCUT2D eigenvalue weighted by molar-refractivity contribution is 5.93. The Labute approximate surface area is 75.4 Å². The molecule has 0 saturated carbocycles. The molecule has 2 heterocycles. The number of carbonyl (C=O) groups is 1. The van der Waals surface area contributed by atoms with Gasteiger partial charge in [-0.2, -0.15) is 0 Å². The molecule has 2 N–H and O–H groups in total. The summed E-state index contributed by atoms with van der Waals surface area (Å²) in [6.45, 7) is 0.584. The van der Waals surface area contributed by atoms with Crippen LogP contribution in [0.3, 0.4) is 0 Å². The average molecular weight is 175 g/mol. The second-order valence-electron chi connectivity index (χ2n) is 2.82. The van der Waals surface area contributed by atoms with Gasteiger partial charge in [0.2, 0.25) is 5.91 Å². The van der Waals surface area contributed by atoms with Gasteiger partial charge in [0.05, 0.1) is 12.1 Å². The van der Waals surface area contributed by atoms with E-state index in [1.165, 1.54) is 0 Å². The normalized spacial score (nSPS) is 13.8. The predicted octanol–water partition coefficient (Wildman–Crippen LogP) is 0.642. The van der Waals surface area contributed by atoms with Crippen molar-refractivity contribution >= 4 is 18.3 Å². The van der Waals surface area contributed by atoms with Crippen molar-refractivity contribution in [1.82, 2.24) is 4.57 Å². The SMILES string of the molecule is NC(=O)c1cc2n(c1)C=CC=NC2. The number of allylic oxidation sites excluding steroid dienone is 1. The Hall–Kier alpha value is -1.84. The Bertz CT molecular complexity index is 401. The molecule has 1 aromatic rings. The lowest BCUT2D eigenvalue weighted by molar-refractivity contribution is 0.100. The van der Waals surface area contributed by atoms with Crippen LogP contribution in [0.4, 0.5) is 0 Å². The van der Waals surface area contributed by atoms with E-state index in [9.17, 15) is 4.79 Å². The van der Waals surface area contributed by atoms with Crippen LogP contribution in [-0.2, 0) is 6.54 Å². The molecular formula is C9H9N3O. The van der Waals surface area contributed by atoms with Crippen molar-refractivity contribution < 1.29 is 4.79 Å². The third kappa shape index (κ3) is 1.38. The Morgan fingerprint density at radius 1 is 1.62 bits per heavy atom. The highest BCUT2D eigenvalue weighted by Gasteiger charge is 2.08. The van der Waals surface area contributed by atoms with E-state index in [1.54, 1.807) is 18.5 Å². The number of amides is 1. The van der Waals surface area contributed by atoms with Crippen LogP contribution in [0.5, 0.6) is 0 Å². The number of carbonyl (C=O) groups excluding carboxylic acids is 1. The van der Waals surface area contributed by atoms with E-state index in [1.807, 2.05) is 16.8 Å². The van der Waals surface area contributed by atoms with Gasteiger partial charge in [-0.3, -0.25) is 9.79 Å². The Morgan fingerprint density at radius 3 is 3.23 bits per heavy atom. The summed E-state index contributed by atoms with van der Waals surface area (Å²) in [5.41, 5.74) is 6.65. The van der Waals surface area contributed by atoms with E-state index >= 15 is 0 Å². The molecule has 1 aromatic heterocycles. The van der Waals surface area contributed by atoms with Crippen molar-refractivity contribution in [2.45, 2.75) is 6.54 Å². The molecule has 1 aliphatic heterocycles. The first kappa shape index (κ1) is 7.79. The molecule has 0 atom stereocenters. The molecule has 0 spiro atoms. The average Bonchev–Trinajstić information content (AvgIpc) is 2.38. The Kier molecular flexibility index (Phi) is 1.73. The van der Waals surface area contributed by atoms with Crippen LogP contribution in [0.25, 0.3) is 6.20 Å². The number of rotatable bonds is 1. The smallest absolute Gasteiger partial charge is 0.250 e. The van der Waals surface area contributed by atoms with Crippen LogP contribution in [0.2, 0.25) is 0 Å². The lowest BCUT2D eigenvalue weighted by atomic mass is 10.3. The standard InChI is InChI=1S/C9H9N3O/c10-9(13)7-4-8-5-11-2-1-3-12(8)6-7/h1-4,6H,5H2,(H2,10,13). The number of nitrogens with two attached hydrogens (primary N) is 1. The summed E-state index contributed by atoms with van der Waals surface area (Å²) in [5, 5.41) is 0. The Balaban J connectivity index is 2.46. The molecule has 0 unspecified atom stereocenters. The highest BCUT2D eigenvalue weighted by Crippen LogP contribution is 2.11. The maximum atomic E-state index is 10.9. The van der Waals surface area contributed by atoms with Crippen molar-refractivity contribution in [2.75, 3.05) is 0 Å². The van der Waals surface area contributed by atoms with Crippen LogP contribution >= 0.6 is 0 Å². The van der Waals surface area contributed by atoms with Crippen LogP contribution in [-0.4, -0.2) is 16.7 Å². The van der Waals surface area contributed by atoms with Gasteiger partial charge in [-0.15, -0.1) is 0 Å². The van der Waals surface area contributed by atoms with Crippen LogP contribution < -0.4 is 5.73 Å². The third-order valence-electron chi connectivity index (χ3n) is 1.91. The van der Waals surface area contributed by atoms with E-state index in [0.717, 1.165) is 5.69 Å². The van der Waals surface area contributed by atoms with Gasteiger partial charge in [-0.25, -0.2) is 0 Å². The van der Waals surface area contributed by atoms with Gasteiger partial charge in [-0.1, -0.05) is 0 Å². The van der Waals surface area contributed by atoms with Crippen molar-refractivity contribution in [3.05, 3.63) is 29.6 Å². The zero-order valence-corrected chi connectivity index (χ0v) is 6.97. The van der Waals surface area contributed by atoms with E-state index in [4.69, 9.17) is 5.73 Å². The first-order chi connectivity index (χ1) is 6.27. The highest BCUT2D eigenvalue weighted by atomic mass is 16.1. The first-order valence-corrected chi connectivity index (χ1v) is 3.94. The van der Waals surface area contributed by atoms with Gasteiger partial charge in [-0.05, 0) is 12.1 Å². The van der Waals surface area contributed by atoms with Crippen molar-refractivity contribution in [2.24, 2.45) is 10.7 Å². The van der Waals surface area contributed by atoms with Crippen LogP contribution in [0.15, 0.2) is 23.3 Å². The Morgan fingerprint density at radius 2 is 2.46 bits per heavy atom. The number of aliphatic imine (C=N–C) groups is 1. The summed E-state index contributed by atoms with van der Waals surface area (Å²) in [6, 6.07) is 1.76. The number of primary amides is 1. The van der Waals surface area contributed by atoms with Crippen molar-refractivity contribution in [1.29, 1.82) is 0 Å². The molecule has 0 aromatic carbocycles. The zero-order valence-electron chi connectivity index (χ0n) is 6.97. The van der Waals surface area contributed by atoms with Gasteiger partial charge in [0.1, 0.15) is 0 Å². The molecule has 13 heavy (non-hydrogen) atoms. The summed E-state index contributed by atoms with van der Waals surface area (Å²) in [5.74, 6) is -0.405. The molecule has 1 amide bonds. The molecule has 66 valence electrons. The largest absolute Gasteiger partial charge is 0.366 e. The van der Waals surface area contributed by atoms with Gasteiger partial charge in [0.25, 0.3) is 0 Å². The second-order valence-corrected chi connectivity index (χ2v) is 2.82. The molecular weight excluding hydrogens is 166 g/mol. The lowest BCUT2D eigenvalue weighted by Crippen LogP contribution is -2.09. The van der Waals surface area contributed by atoms with E-state index in [0.29, 0.717) is 12.1 Å². The molecule has 0 fully saturated rings. The minimum Gasteiger partial charge on any atom is -0.366 e. The number of fused-ring (bicyclic) bond motifs is 1. The lowest BCUT2D eigenvalue weighted by Gasteiger charge is -1.95. The van der Waals surface area contributed by atoms with E-state index in [2.05, 4.69) is 4.99 Å². The molecule has 0 saturated heterocycles. The van der Waals surface area contributed by atoms with Crippen LogP contribution in [0, 0.1) is 0 Å². The fourth-order valence-corrected chi connectivity index (χ4v) is 1.26. The molecule has 2 rings (SSSR count). The minimum atomic E-state index is -0.405. The summed E-state index contributed by atoms with van der Waals surface area (Å²) >= 11 is 0. The molecule has 4 nitrogen and oxygen atoms in total. The summed E-state index contributed by atoms with van der Waals surface area (Å²) in [7, 11) is 0. The topological polar surface area (TPSA) is 60.4 Å². The van der Waals surface area contributed by atoms with Gasteiger partial charge >= 0.3 is 0 Å². The molecule has 0 bridgehead atoms. The maximum Gasteiger partial charge on any atom is 0.250 e. The summed E-state index contributed by atoms with van der Waals surface area (Å²) in [6.07, 6.45) is 7.11. The second kappa shape index (κ2) is 2.90. The predicted molar refractivity (Wildman–Crippen MR) is 50.5 cm³/mol. The van der Waals surface area contributed by atoms with Gasteiger partial charge < -0.3 is 10.3 Å². The zero-order chi connectivity index (χ0) is 9.26. The number of hydrogen-bond acceptors (Lipinski definition) is 2. The maximum absolute atomic E-state index is 10.9. The van der Waals surface area contributed by atoms with Gasteiger partial charge in [0, 0.05) is 24.3 Å². The fourth-order valence-electron chi connectivity index (χ4n) is 1.26. The minimum absolute atomic E-state index is 0.405. The van der Waals surface area contributed by atoms with Gasteiger partial charge in [0.15, 0.2) is 0 Å². The summed E-state index contributed by atoms with van der Waals surface area (Å²) in [4.78, 5) is 15.0.